The van der Waals surface area contributed by atoms with Crippen LogP contribution in [0.25, 0.3) is 0 Å². The highest BCUT2D eigenvalue weighted by atomic mass is 32.1. The third-order valence-electron chi connectivity index (χ3n) is 2.99. The van der Waals surface area contributed by atoms with Crippen LogP contribution in [-0.2, 0) is 4.74 Å². The molecule has 0 aromatic carbocycles. The summed E-state index contributed by atoms with van der Waals surface area (Å²) in [5, 5.41) is 15.2. The molecule has 0 aliphatic heterocycles. The number of hydrogen-bond acceptors (Lipinski definition) is 6. The number of alkyl halides is 2. The predicted molar refractivity (Wildman–Crippen MR) is 81.2 cm³/mol. The van der Waals surface area contributed by atoms with E-state index < -0.39 is 18.4 Å². The Balaban J connectivity index is 2.28. The molecule has 0 saturated carbocycles. The summed E-state index contributed by atoms with van der Waals surface area (Å²) in [5.41, 5.74) is 0.266. The molecular formula is C14H12F2N4O3S. The molecule has 2 aromatic rings. The van der Waals surface area contributed by atoms with E-state index in [9.17, 15) is 23.6 Å². The lowest BCUT2D eigenvalue weighted by Crippen LogP contribution is -2.13. The number of ether oxygens (including phenoxy) is 1. The summed E-state index contributed by atoms with van der Waals surface area (Å²) in [5.74, 6) is -1.36. The molecule has 2 aromatic heterocycles. The SMILES string of the molecule is CCOC(=O)c1sc(NC(=O)c2ccn(C(F)F)n2)c(C#N)c1C. The van der Waals surface area contributed by atoms with Crippen molar-refractivity contribution in [2.75, 3.05) is 11.9 Å². The van der Waals surface area contributed by atoms with Gasteiger partial charge in [0.25, 0.3) is 5.91 Å². The minimum Gasteiger partial charge on any atom is -0.462 e. The standard InChI is InChI=1S/C14H12F2N4O3S/c1-3-23-13(22)10-7(2)8(6-17)12(24-10)18-11(21)9-4-5-20(19-9)14(15)16/h4-5,14H,3H2,1-2H3,(H,18,21). The first-order valence-corrected chi connectivity index (χ1v) is 7.55. The van der Waals surface area contributed by atoms with E-state index in [0.717, 1.165) is 23.6 Å². The zero-order valence-electron chi connectivity index (χ0n) is 12.7. The van der Waals surface area contributed by atoms with Crippen molar-refractivity contribution in [2.45, 2.75) is 20.4 Å². The van der Waals surface area contributed by atoms with E-state index in [0.29, 0.717) is 10.2 Å². The van der Waals surface area contributed by atoms with Gasteiger partial charge in [0, 0.05) is 6.20 Å². The molecule has 2 rings (SSSR count). The molecule has 0 fully saturated rings. The Hall–Kier alpha value is -2.80. The molecule has 126 valence electrons. The van der Waals surface area contributed by atoms with Crippen LogP contribution in [0.1, 0.15) is 44.8 Å². The zero-order chi connectivity index (χ0) is 17.9. The van der Waals surface area contributed by atoms with Crippen LogP contribution in [0, 0.1) is 18.3 Å². The van der Waals surface area contributed by atoms with Gasteiger partial charge in [-0.2, -0.15) is 19.1 Å². The Kier molecular flexibility index (Phi) is 5.25. The van der Waals surface area contributed by atoms with Crippen LogP contribution in [0.5, 0.6) is 0 Å². The number of halogens is 2. The fraction of sp³-hybridized carbons (Fsp3) is 0.286. The third kappa shape index (κ3) is 3.41. The van der Waals surface area contributed by atoms with Crippen LogP contribution in [0.4, 0.5) is 13.8 Å². The number of esters is 1. The van der Waals surface area contributed by atoms with E-state index in [1.54, 1.807) is 13.8 Å². The van der Waals surface area contributed by atoms with Gasteiger partial charge in [-0.05, 0) is 25.5 Å². The zero-order valence-corrected chi connectivity index (χ0v) is 13.5. The molecule has 0 bridgehead atoms. The average Bonchev–Trinajstić information content (AvgIpc) is 3.13. The van der Waals surface area contributed by atoms with Gasteiger partial charge in [0.05, 0.1) is 12.2 Å². The summed E-state index contributed by atoms with van der Waals surface area (Å²) in [6, 6.07) is 3.03. The largest absolute Gasteiger partial charge is 0.462 e. The van der Waals surface area contributed by atoms with Gasteiger partial charge >= 0.3 is 12.5 Å². The molecule has 0 saturated heterocycles. The van der Waals surface area contributed by atoms with Crippen molar-refractivity contribution in [3.05, 3.63) is 34.0 Å². The summed E-state index contributed by atoms with van der Waals surface area (Å²) in [7, 11) is 0. The number of thiophene rings is 1. The van der Waals surface area contributed by atoms with Crippen LogP contribution in [-0.4, -0.2) is 28.3 Å². The smallest absolute Gasteiger partial charge is 0.348 e. The number of nitrogens with zero attached hydrogens (tertiary/aromatic N) is 3. The Bertz CT molecular complexity index is 823. The fourth-order valence-corrected chi connectivity index (χ4v) is 2.91. The molecule has 0 radical (unpaired) electrons. The van der Waals surface area contributed by atoms with Gasteiger partial charge in [-0.25, -0.2) is 9.48 Å². The quantitative estimate of drug-likeness (QED) is 0.833. The molecule has 1 amide bonds. The first kappa shape index (κ1) is 17.6. The van der Waals surface area contributed by atoms with Crippen molar-refractivity contribution in [3.63, 3.8) is 0 Å². The second-order valence-electron chi connectivity index (χ2n) is 4.51. The number of rotatable bonds is 5. The van der Waals surface area contributed by atoms with Gasteiger partial charge in [0.2, 0.25) is 0 Å². The molecule has 0 atom stereocenters. The molecule has 1 N–H and O–H groups in total. The van der Waals surface area contributed by atoms with E-state index in [2.05, 4.69) is 10.4 Å². The minimum atomic E-state index is -2.86. The van der Waals surface area contributed by atoms with Crippen LogP contribution >= 0.6 is 11.3 Å². The highest BCUT2D eigenvalue weighted by molar-refractivity contribution is 7.18. The van der Waals surface area contributed by atoms with Crippen molar-refractivity contribution in [1.29, 1.82) is 5.26 Å². The lowest BCUT2D eigenvalue weighted by atomic mass is 10.2. The second-order valence-corrected chi connectivity index (χ2v) is 5.53. The van der Waals surface area contributed by atoms with Crippen molar-refractivity contribution >= 4 is 28.2 Å². The van der Waals surface area contributed by atoms with Gasteiger partial charge in [0.15, 0.2) is 5.69 Å². The monoisotopic (exact) mass is 354 g/mol. The number of hydrogen-bond donors (Lipinski definition) is 1. The van der Waals surface area contributed by atoms with Crippen LogP contribution in [0.3, 0.4) is 0 Å². The van der Waals surface area contributed by atoms with E-state index in [4.69, 9.17) is 4.74 Å². The number of amides is 1. The summed E-state index contributed by atoms with van der Waals surface area (Å²) >= 11 is 0.883. The maximum absolute atomic E-state index is 12.5. The van der Waals surface area contributed by atoms with Crippen molar-refractivity contribution in [2.24, 2.45) is 0 Å². The number of nitriles is 1. The van der Waals surface area contributed by atoms with Gasteiger partial charge in [-0.15, -0.1) is 11.3 Å². The molecule has 10 heteroatoms. The maximum Gasteiger partial charge on any atom is 0.348 e. The lowest BCUT2D eigenvalue weighted by Gasteiger charge is -2.01. The van der Waals surface area contributed by atoms with Crippen LogP contribution in [0.15, 0.2) is 12.3 Å². The Morgan fingerprint density at radius 2 is 2.25 bits per heavy atom. The topological polar surface area (TPSA) is 97.0 Å². The van der Waals surface area contributed by atoms with Crippen molar-refractivity contribution in [1.82, 2.24) is 9.78 Å². The van der Waals surface area contributed by atoms with Gasteiger partial charge < -0.3 is 10.1 Å². The van der Waals surface area contributed by atoms with Crippen molar-refractivity contribution in [3.8, 4) is 6.07 Å². The molecular weight excluding hydrogens is 342 g/mol. The maximum atomic E-state index is 12.5. The highest BCUT2D eigenvalue weighted by Crippen LogP contribution is 2.33. The van der Waals surface area contributed by atoms with Gasteiger partial charge in [-0.1, -0.05) is 0 Å². The van der Waals surface area contributed by atoms with E-state index in [-0.39, 0.29) is 27.7 Å². The molecule has 0 unspecified atom stereocenters. The summed E-state index contributed by atoms with van der Waals surface area (Å²) < 4.78 is 30.2. The van der Waals surface area contributed by atoms with E-state index >= 15 is 0 Å². The number of carbonyl (C=O) groups excluding carboxylic acids is 2. The lowest BCUT2D eigenvalue weighted by molar-refractivity contribution is 0.0529. The van der Waals surface area contributed by atoms with E-state index in [1.807, 2.05) is 6.07 Å². The second kappa shape index (κ2) is 7.18. The summed E-state index contributed by atoms with van der Waals surface area (Å²) in [4.78, 5) is 24.1. The molecule has 24 heavy (non-hydrogen) atoms. The molecule has 2 heterocycles. The summed E-state index contributed by atoms with van der Waals surface area (Å²) in [6.45, 7) is 0.516. The number of nitrogens with one attached hydrogen (secondary N) is 1. The third-order valence-corrected chi connectivity index (χ3v) is 4.17. The fourth-order valence-electron chi connectivity index (χ4n) is 1.86. The first-order chi connectivity index (χ1) is 11.4. The molecule has 0 spiro atoms. The van der Waals surface area contributed by atoms with Crippen molar-refractivity contribution < 1.29 is 23.1 Å². The Labute approximate surface area is 139 Å². The molecule has 0 aliphatic carbocycles. The number of carbonyl (C=O) groups is 2. The summed E-state index contributed by atoms with van der Waals surface area (Å²) in [6.07, 6.45) is 0.967. The van der Waals surface area contributed by atoms with E-state index in [1.165, 1.54) is 0 Å². The molecule has 7 nitrogen and oxygen atoms in total. The minimum absolute atomic E-state index is 0.115. The predicted octanol–water partition coefficient (Wildman–Crippen LogP) is 2.95. The first-order valence-electron chi connectivity index (χ1n) is 6.74. The highest BCUT2D eigenvalue weighted by Gasteiger charge is 2.23. The van der Waals surface area contributed by atoms with Gasteiger partial charge in [-0.3, -0.25) is 4.79 Å². The van der Waals surface area contributed by atoms with Gasteiger partial charge in [0.1, 0.15) is 15.9 Å². The Morgan fingerprint density at radius 3 is 2.79 bits per heavy atom. The molecule has 0 aliphatic rings. The van der Waals surface area contributed by atoms with Crippen LogP contribution in [0.2, 0.25) is 0 Å². The Morgan fingerprint density at radius 1 is 1.54 bits per heavy atom. The number of aromatic nitrogens is 2. The number of anilines is 1. The normalized spacial score (nSPS) is 10.5. The average molecular weight is 354 g/mol. The van der Waals surface area contributed by atoms with Crippen LogP contribution < -0.4 is 5.32 Å².